The Labute approximate surface area is 148 Å². The molecular formula is C16H23ClN2O4S. The number of hydrogen-bond donors (Lipinski definition) is 1. The first-order valence-electron chi connectivity index (χ1n) is 7.88. The lowest BCUT2D eigenvalue weighted by Crippen LogP contribution is -2.38. The summed E-state index contributed by atoms with van der Waals surface area (Å²) in [7, 11) is -3.38. The number of aryl methyl sites for hydroxylation is 1. The van der Waals surface area contributed by atoms with Crippen LogP contribution in [0, 0.1) is 6.92 Å². The molecule has 6 nitrogen and oxygen atoms in total. The van der Waals surface area contributed by atoms with Gasteiger partial charge in [-0.3, -0.25) is 4.79 Å². The summed E-state index contributed by atoms with van der Waals surface area (Å²) in [5.74, 6) is -0.235. The van der Waals surface area contributed by atoms with Crippen molar-refractivity contribution < 1.29 is 17.9 Å². The third-order valence-electron chi connectivity index (χ3n) is 3.95. The number of sulfonamides is 1. The van der Waals surface area contributed by atoms with E-state index >= 15 is 0 Å². The van der Waals surface area contributed by atoms with Gasteiger partial charge in [0.05, 0.1) is 12.4 Å². The minimum absolute atomic E-state index is 0.0821. The molecule has 0 spiro atoms. The van der Waals surface area contributed by atoms with E-state index < -0.39 is 10.0 Å². The number of amides is 1. The van der Waals surface area contributed by atoms with Gasteiger partial charge >= 0.3 is 0 Å². The lowest BCUT2D eigenvalue weighted by atomic mass is 10.2. The number of benzene rings is 1. The number of ether oxygens (including phenoxy) is 1. The van der Waals surface area contributed by atoms with Crippen molar-refractivity contribution in [1.29, 1.82) is 0 Å². The lowest BCUT2D eigenvalue weighted by molar-refractivity contribution is -0.116. The van der Waals surface area contributed by atoms with Crippen LogP contribution in [0.15, 0.2) is 18.2 Å². The Bertz CT molecular complexity index is 687. The Balaban J connectivity index is 1.91. The normalized spacial score (nSPS) is 18.1. The molecule has 8 heteroatoms. The van der Waals surface area contributed by atoms with E-state index in [0.717, 1.165) is 24.7 Å². The van der Waals surface area contributed by atoms with Gasteiger partial charge in [-0.05, 0) is 43.5 Å². The van der Waals surface area contributed by atoms with Crippen molar-refractivity contribution in [3.05, 3.63) is 28.8 Å². The van der Waals surface area contributed by atoms with Gasteiger partial charge in [-0.1, -0.05) is 11.6 Å². The van der Waals surface area contributed by atoms with Crippen LogP contribution >= 0.6 is 11.6 Å². The fourth-order valence-electron chi connectivity index (χ4n) is 2.61. The molecule has 1 unspecified atom stereocenters. The van der Waals surface area contributed by atoms with Crippen molar-refractivity contribution in [1.82, 2.24) is 4.31 Å². The zero-order chi connectivity index (χ0) is 17.7. The van der Waals surface area contributed by atoms with Crippen molar-refractivity contribution in [2.75, 3.05) is 31.3 Å². The van der Waals surface area contributed by atoms with Crippen molar-refractivity contribution in [3.8, 4) is 0 Å². The van der Waals surface area contributed by atoms with Crippen molar-refractivity contribution in [3.63, 3.8) is 0 Å². The Morgan fingerprint density at radius 3 is 2.79 bits per heavy atom. The molecule has 1 amide bonds. The number of rotatable bonds is 7. The Hall–Kier alpha value is -1.15. The fourth-order valence-corrected chi connectivity index (χ4v) is 3.70. The fraction of sp³-hybridized carbons (Fsp3) is 0.562. The van der Waals surface area contributed by atoms with E-state index in [2.05, 4.69) is 5.32 Å². The zero-order valence-electron chi connectivity index (χ0n) is 13.9. The molecule has 0 saturated carbocycles. The minimum atomic E-state index is -3.38. The maximum atomic E-state index is 12.1. The molecule has 1 aliphatic rings. The maximum absolute atomic E-state index is 12.1. The van der Waals surface area contributed by atoms with Crippen LogP contribution in [0.25, 0.3) is 0 Å². The molecule has 24 heavy (non-hydrogen) atoms. The summed E-state index contributed by atoms with van der Waals surface area (Å²) in [5, 5.41) is 3.39. The molecular weight excluding hydrogens is 352 g/mol. The first-order chi connectivity index (χ1) is 11.3. The monoisotopic (exact) mass is 374 g/mol. The van der Waals surface area contributed by atoms with Gasteiger partial charge in [0.15, 0.2) is 0 Å². The Kier molecular flexibility index (Phi) is 6.62. The second-order valence-corrected chi connectivity index (χ2v) is 8.43. The highest BCUT2D eigenvalue weighted by atomic mass is 35.5. The van der Waals surface area contributed by atoms with Crippen LogP contribution in [0.3, 0.4) is 0 Å². The summed E-state index contributed by atoms with van der Waals surface area (Å²) in [4.78, 5) is 12.1. The van der Waals surface area contributed by atoms with Crippen LogP contribution in [0.1, 0.15) is 24.8 Å². The molecule has 1 atom stereocenters. The average Bonchev–Trinajstić information content (AvgIpc) is 2.98. The van der Waals surface area contributed by atoms with Crippen LogP contribution in [0.2, 0.25) is 5.02 Å². The molecule has 1 aromatic rings. The Morgan fingerprint density at radius 1 is 1.46 bits per heavy atom. The molecule has 1 N–H and O–H groups in total. The molecule has 1 aromatic carbocycles. The van der Waals surface area contributed by atoms with Crippen molar-refractivity contribution >= 4 is 33.2 Å². The van der Waals surface area contributed by atoms with Gasteiger partial charge in [-0.2, -0.15) is 4.31 Å². The van der Waals surface area contributed by atoms with Crippen LogP contribution < -0.4 is 5.32 Å². The standard InChI is InChI=1S/C16H23ClN2O4S/c1-12-10-13(17)5-6-15(12)18-16(20)7-8-19(24(2,21)22)11-14-4-3-9-23-14/h5-6,10,14H,3-4,7-9,11H2,1-2H3,(H,18,20). The van der Waals surface area contributed by atoms with Gasteiger partial charge in [-0.15, -0.1) is 0 Å². The highest BCUT2D eigenvalue weighted by Gasteiger charge is 2.25. The van der Waals surface area contributed by atoms with E-state index in [1.807, 2.05) is 6.92 Å². The third kappa shape index (κ3) is 5.73. The van der Waals surface area contributed by atoms with Gasteiger partial charge in [0.1, 0.15) is 0 Å². The van der Waals surface area contributed by atoms with E-state index in [9.17, 15) is 13.2 Å². The molecule has 1 saturated heterocycles. The molecule has 1 fully saturated rings. The number of carbonyl (C=O) groups excluding carboxylic acids is 1. The zero-order valence-corrected chi connectivity index (χ0v) is 15.5. The van der Waals surface area contributed by atoms with E-state index in [0.29, 0.717) is 23.9 Å². The molecule has 2 rings (SSSR count). The lowest BCUT2D eigenvalue weighted by Gasteiger charge is -2.22. The molecule has 0 bridgehead atoms. The summed E-state index contributed by atoms with van der Waals surface area (Å²) in [5.41, 5.74) is 1.53. The van der Waals surface area contributed by atoms with E-state index in [1.165, 1.54) is 4.31 Å². The molecule has 134 valence electrons. The quantitative estimate of drug-likeness (QED) is 0.795. The first-order valence-corrected chi connectivity index (χ1v) is 10.1. The number of carbonyl (C=O) groups is 1. The van der Waals surface area contributed by atoms with Gasteiger partial charge < -0.3 is 10.1 Å². The van der Waals surface area contributed by atoms with Gasteiger partial charge in [0.2, 0.25) is 15.9 Å². The summed E-state index contributed by atoms with van der Waals surface area (Å²) >= 11 is 5.89. The number of halogens is 1. The minimum Gasteiger partial charge on any atom is -0.377 e. The van der Waals surface area contributed by atoms with Crippen LogP contribution in [0.5, 0.6) is 0 Å². The maximum Gasteiger partial charge on any atom is 0.225 e. The number of hydrogen-bond acceptors (Lipinski definition) is 4. The Morgan fingerprint density at radius 2 is 2.21 bits per heavy atom. The van der Waals surface area contributed by atoms with Gasteiger partial charge in [0, 0.05) is 36.8 Å². The average molecular weight is 375 g/mol. The van der Waals surface area contributed by atoms with E-state index in [-0.39, 0.29) is 25.0 Å². The van der Waals surface area contributed by atoms with Crippen molar-refractivity contribution in [2.24, 2.45) is 0 Å². The molecule has 0 aliphatic carbocycles. The largest absolute Gasteiger partial charge is 0.377 e. The second-order valence-electron chi connectivity index (χ2n) is 6.01. The number of nitrogens with one attached hydrogen (secondary N) is 1. The third-order valence-corrected chi connectivity index (χ3v) is 5.46. The summed E-state index contributed by atoms with van der Waals surface area (Å²) in [6, 6.07) is 5.19. The highest BCUT2D eigenvalue weighted by molar-refractivity contribution is 7.88. The van der Waals surface area contributed by atoms with E-state index in [1.54, 1.807) is 18.2 Å². The van der Waals surface area contributed by atoms with Crippen LogP contribution in [0.4, 0.5) is 5.69 Å². The van der Waals surface area contributed by atoms with E-state index in [4.69, 9.17) is 16.3 Å². The smallest absolute Gasteiger partial charge is 0.225 e. The molecule has 0 radical (unpaired) electrons. The summed E-state index contributed by atoms with van der Waals surface area (Å²) in [6.45, 7) is 2.95. The number of anilines is 1. The highest BCUT2D eigenvalue weighted by Crippen LogP contribution is 2.20. The predicted molar refractivity (Wildman–Crippen MR) is 94.8 cm³/mol. The number of nitrogens with zero attached hydrogens (tertiary/aromatic N) is 1. The SMILES string of the molecule is Cc1cc(Cl)ccc1NC(=O)CCN(CC1CCCO1)S(C)(=O)=O. The summed E-state index contributed by atoms with van der Waals surface area (Å²) in [6.07, 6.45) is 2.95. The second kappa shape index (κ2) is 8.29. The van der Waals surface area contributed by atoms with Crippen LogP contribution in [-0.4, -0.2) is 50.7 Å². The predicted octanol–water partition coefficient (Wildman–Crippen LogP) is 2.42. The first kappa shape index (κ1) is 19.2. The molecule has 1 aliphatic heterocycles. The van der Waals surface area contributed by atoms with Crippen LogP contribution in [-0.2, 0) is 19.6 Å². The van der Waals surface area contributed by atoms with Crippen molar-refractivity contribution in [2.45, 2.75) is 32.3 Å². The van der Waals surface area contributed by atoms with Gasteiger partial charge in [0.25, 0.3) is 0 Å². The van der Waals surface area contributed by atoms with Gasteiger partial charge in [-0.25, -0.2) is 8.42 Å². The molecule has 0 aromatic heterocycles. The topological polar surface area (TPSA) is 75.7 Å². The molecule has 1 heterocycles. The summed E-state index contributed by atoms with van der Waals surface area (Å²) < 4.78 is 30.6.